The van der Waals surface area contributed by atoms with Gasteiger partial charge in [-0.1, -0.05) is 18.2 Å². The van der Waals surface area contributed by atoms with E-state index in [0.717, 1.165) is 74.0 Å². The average molecular weight is 545 g/mol. The van der Waals surface area contributed by atoms with Crippen molar-refractivity contribution in [2.45, 2.75) is 31.3 Å². The Morgan fingerprint density at radius 1 is 0.889 bits per heavy atom. The molecule has 190 valence electrons. The van der Waals surface area contributed by atoms with Crippen LogP contribution >= 0.6 is 24.8 Å². The molecular formula is C28H32Cl3N5. The third-order valence-electron chi connectivity index (χ3n) is 7.29. The second-order valence-electron chi connectivity index (χ2n) is 9.40. The number of hydrogen-bond donors (Lipinski definition) is 2. The molecule has 6 rings (SSSR count). The summed E-state index contributed by atoms with van der Waals surface area (Å²) in [5.74, 6) is 1.04. The van der Waals surface area contributed by atoms with Crippen LogP contribution in [-0.2, 0) is 12.1 Å². The van der Waals surface area contributed by atoms with Gasteiger partial charge in [0.15, 0.2) is 0 Å². The first kappa shape index (κ1) is 28.2. The maximum Gasteiger partial charge on any atom is 0.236 e. The smallest absolute Gasteiger partial charge is 0.236 e. The highest BCUT2D eigenvalue weighted by Crippen LogP contribution is 2.40. The van der Waals surface area contributed by atoms with Gasteiger partial charge in [-0.05, 0) is 55.2 Å². The lowest BCUT2D eigenvalue weighted by Gasteiger charge is -2.38. The van der Waals surface area contributed by atoms with E-state index < -0.39 is 0 Å². The molecule has 0 amide bonds. The number of nitrogens with one attached hydrogen (secondary N) is 1. The van der Waals surface area contributed by atoms with Gasteiger partial charge >= 0.3 is 0 Å². The number of para-hydroxylation sites is 1. The van der Waals surface area contributed by atoms with E-state index in [1.807, 2.05) is 0 Å². The summed E-state index contributed by atoms with van der Waals surface area (Å²) in [7, 11) is 0. The van der Waals surface area contributed by atoms with Crippen molar-refractivity contribution >= 4 is 42.0 Å². The molecule has 3 aliphatic rings. The Morgan fingerprint density at radius 3 is 2.22 bits per heavy atom. The van der Waals surface area contributed by atoms with E-state index in [4.69, 9.17) is 10.7 Å². The Balaban J connectivity index is 0.00000120. The van der Waals surface area contributed by atoms with Crippen molar-refractivity contribution in [3.8, 4) is 0 Å². The minimum Gasteiger partial charge on any atom is -1.00 e. The van der Waals surface area contributed by atoms with Crippen LogP contribution in [0.2, 0.25) is 0 Å². The van der Waals surface area contributed by atoms with E-state index in [-0.39, 0.29) is 42.8 Å². The highest BCUT2D eigenvalue weighted by Gasteiger charge is 2.35. The zero-order valence-corrected chi connectivity index (χ0v) is 22.5. The molecule has 5 nitrogen and oxygen atoms in total. The van der Waals surface area contributed by atoms with Crippen molar-refractivity contribution in [2.75, 3.05) is 36.0 Å². The molecule has 2 fully saturated rings. The third-order valence-corrected chi connectivity index (χ3v) is 7.29. The van der Waals surface area contributed by atoms with Crippen LogP contribution in [0.1, 0.15) is 41.6 Å². The number of pyridine rings is 1. The van der Waals surface area contributed by atoms with Crippen molar-refractivity contribution < 1.29 is 12.4 Å². The van der Waals surface area contributed by atoms with Gasteiger partial charge in [0.05, 0.1) is 23.7 Å². The molecule has 1 saturated heterocycles. The number of fused-ring (bicyclic) bond motifs is 1. The van der Waals surface area contributed by atoms with E-state index in [0.29, 0.717) is 0 Å². The number of halogens is 3. The molecule has 0 unspecified atom stereocenters. The zero-order valence-electron chi connectivity index (χ0n) is 20.1. The highest BCUT2D eigenvalue weighted by atomic mass is 35.5. The number of anilines is 2. The topological polar surface area (TPSA) is 57.4 Å². The summed E-state index contributed by atoms with van der Waals surface area (Å²) in [4.78, 5) is 9.73. The van der Waals surface area contributed by atoms with E-state index >= 15 is 0 Å². The standard InChI is InChI=1S/C28H30N5.3ClH/c29-28(13-4-14-28)23-10-7-21(8-11-23)26-19-25-22(20-33(26)24-5-2-1-3-6-24)9-12-27(31-25)32-17-15-30-16-18-32;;;/h1-3,5-12,30H,4,13-18,20,29H2;3*1H/q+1;;;/p-1. The lowest BCUT2D eigenvalue weighted by Crippen LogP contribution is -3.00. The number of piperazine rings is 1. The molecule has 0 bridgehead atoms. The summed E-state index contributed by atoms with van der Waals surface area (Å²) < 4.78 is 0. The summed E-state index contributed by atoms with van der Waals surface area (Å²) in [6, 6.07) is 23.7. The second kappa shape index (κ2) is 11.8. The molecule has 0 atom stereocenters. The molecule has 1 aromatic heterocycles. The first-order chi connectivity index (χ1) is 16.2. The minimum absolute atomic E-state index is 0. The summed E-state index contributed by atoms with van der Waals surface area (Å²) in [6.45, 7) is 4.75. The molecule has 2 aromatic carbocycles. The maximum absolute atomic E-state index is 6.57. The van der Waals surface area contributed by atoms with Gasteiger partial charge in [-0.3, -0.25) is 4.90 Å². The number of nitrogens with zero attached hydrogens (tertiary/aromatic N) is 3. The van der Waals surface area contributed by atoms with Crippen LogP contribution in [-0.4, -0.2) is 31.2 Å². The van der Waals surface area contributed by atoms with E-state index in [2.05, 4.69) is 87.9 Å². The Morgan fingerprint density at radius 2 is 1.58 bits per heavy atom. The number of rotatable bonds is 4. The fraction of sp³-hybridized carbons (Fsp3) is 0.321. The normalized spacial score (nSPS) is 17.6. The van der Waals surface area contributed by atoms with Crippen LogP contribution in [0, 0.1) is 6.08 Å². The Labute approximate surface area is 232 Å². The van der Waals surface area contributed by atoms with E-state index in [9.17, 15) is 0 Å². The van der Waals surface area contributed by atoms with Gasteiger partial charge in [-0.2, -0.15) is 4.98 Å². The van der Waals surface area contributed by atoms with Crippen molar-refractivity contribution in [3.05, 3.63) is 95.2 Å². The largest absolute Gasteiger partial charge is 1.00 e. The molecule has 2 aliphatic heterocycles. The molecular weight excluding hydrogens is 513 g/mol. The summed E-state index contributed by atoms with van der Waals surface area (Å²) in [5.41, 5.74) is 13.2. The van der Waals surface area contributed by atoms with Gasteiger partial charge in [0, 0.05) is 55.6 Å². The van der Waals surface area contributed by atoms with Crippen molar-refractivity contribution in [2.24, 2.45) is 5.73 Å². The number of nitrogens with two attached hydrogens (primary N) is 1. The third kappa shape index (κ3) is 5.33. The van der Waals surface area contributed by atoms with Crippen LogP contribution in [0.5, 0.6) is 0 Å². The van der Waals surface area contributed by atoms with Gasteiger partial charge in [0.25, 0.3) is 0 Å². The molecule has 8 heteroatoms. The monoisotopic (exact) mass is 543 g/mol. The van der Waals surface area contributed by atoms with Crippen LogP contribution < -0.4 is 33.3 Å². The lowest BCUT2D eigenvalue weighted by atomic mass is 9.72. The van der Waals surface area contributed by atoms with Gasteiger partial charge in [0.1, 0.15) is 5.82 Å². The van der Waals surface area contributed by atoms with E-state index in [1.54, 1.807) is 0 Å². The van der Waals surface area contributed by atoms with Crippen LogP contribution in [0.4, 0.5) is 11.5 Å². The number of hydrogen-bond acceptors (Lipinski definition) is 5. The zero-order chi connectivity index (χ0) is 22.3. The van der Waals surface area contributed by atoms with Crippen molar-refractivity contribution in [3.63, 3.8) is 0 Å². The molecule has 1 aliphatic carbocycles. The Bertz CT molecular complexity index is 1170. The van der Waals surface area contributed by atoms with Gasteiger partial charge in [-0.15, -0.1) is 24.8 Å². The fourth-order valence-electron chi connectivity index (χ4n) is 5.08. The van der Waals surface area contributed by atoms with Gasteiger partial charge in [0.2, 0.25) is 11.4 Å². The highest BCUT2D eigenvalue weighted by molar-refractivity contribution is 5.85. The molecule has 3 aromatic rings. The molecule has 0 spiro atoms. The molecule has 3 N–H and O–H groups in total. The predicted molar refractivity (Wildman–Crippen MR) is 148 cm³/mol. The van der Waals surface area contributed by atoms with Gasteiger partial charge in [-0.25, -0.2) is 0 Å². The lowest BCUT2D eigenvalue weighted by molar-refractivity contribution is -0.00000730. The first-order valence-corrected chi connectivity index (χ1v) is 12.0. The van der Waals surface area contributed by atoms with Crippen molar-refractivity contribution in [1.82, 2.24) is 10.3 Å². The van der Waals surface area contributed by atoms with Crippen molar-refractivity contribution in [1.29, 1.82) is 0 Å². The maximum atomic E-state index is 6.57. The summed E-state index contributed by atoms with van der Waals surface area (Å²) in [5, 5.41) is 3.42. The molecule has 3 heterocycles. The van der Waals surface area contributed by atoms with E-state index in [1.165, 1.54) is 17.5 Å². The Kier molecular flexibility index (Phi) is 9.23. The SMILES string of the molecule is Cl.Cl.NC1(c2ccc(C3=[C+]c4nc(N5CCNCC5)ccc4CN3c3ccccc3)cc2)CCC1.[Cl-]. The first-order valence-electron chi connectivity index (χ1n) is 12.0. The van der Waals surface area contributed by atoms with Crippen LogP contribution in [0.15, 0.2) is 66.7 Å². The molecule has 1 saturated carbocycles. The fourth-order valence-corrected chi connectivity index (χ4v) is 5.08. The quantitative estimate of drug-likeness (QED) is 0.492. The second-order valence-corrected chi connectivity index (χ2v) is 9.40. The van der Waals surface area contributed by atoms with Gasteiger partial charge < -0.3 is 28.4 Å². The van der Waals surface area contributed by atoms with Crippen LogP contribution in [0.3, 0.4) is 0 Å². The number of aromatic nitrogens is 1. The minimum atomic E-state index is -0.144. The number of benzene rings is 2. The summed E-state index contributed by atoms with van der Waals surface area (Å²) in [6.07, 6.45) is 7.05. The average Bonchev–Trinajstić information content (AvgIpc) is 2.87. The summed E-state index contributed by atoms with van der Waals surface area (Å²) >= 11 is 0. The van der Waals surface area contributed by atoms with Crippen LogP contribution in [0.25, 0.3) is 5.70 Å². The molecule has 0 radical (unpaired) electrons. The Hall–Kier alpha value is -2.37. The molecule has 36 heavy (non-hydrogen) atoms. The predicted octanol–water partition coefficient (Wildman–Crippen LogP) is 1.89.